The number of hydrogen-bond acceptors (Lipinski definition) is 9. The number of hydrogen-bond donors (Lipinski definition) is 0. The van der Waals surface area contributed by atoms with Gasteiger partial charge in [0.25, 0.3) is 0 Å². The molecular weight excluding hydrogens is 362 g/mol. The van der Waals surface area contributed by atoms with Crippen LogP contribution in [0, 0.1) is 13.8 Å². The van der Waals surface area contributed by atoms with Gasteiger partial charge in [-0.05, 0) is 13.8 Å². The highest BCUT2D eigenvalue weighted by molar-refractivity contribution is 7.89. The van der Waals surface area contributed by atoms with Crippen LogP contribution < -0.4 is 14.4 Å². The Morgan fingerprint density at radius 2 is 1.77 bits per heavy atom. The maximum Gasteiger partial charge on any atom is 0.321 e. The smallest absolute Gasteiger partial charge is 0.321 e. The monoisotopic (exact) mass is 383 g/mol. The molecule has 0 amide bonds. The molecule has 1 aliphatic rings. The molecule has 0 saturated carbocycles. The zero-order chi connectivity index (χ0) is 18.9. The molecule has 1 saturated heterocycles. The zero-order valence-electron chi connectivity index (χ0n) is 15.1. The van der Waals surface area contributed by atoms with Crippen molar-refractivity contribution < 1.29 is 22.4 Å². The van der Waals surface area contributed by atoms with Gasteiger partial charge in [0.05, 0.1) is 14.2 Å². The van der Waals surface area contributed by atoms with Crippen LogP contribution in [0.1, 0.15) is 11.5 Å². The van der Waals surface area contributed by atoms with Gasteiger partial charge in [-0.25, -0.2) is 8.42 Å². The number of aryl methyl sites for hydroxylation is 2. The Labute approximate surface area is 151 Å². The van der Waals surface area contributed by atoms with Gasteiger partial charge in [0, 0.05) is 32.2 Å². The number of sulfonamides is 1. The Kier molecular flexibility index (Phi) is 5.01. The molecule has 0 aromatic carbocycles. The lowest BCUT2D eigenvalue weighted by molar-refractivity contribution is 0.348. The van der Waals surface area contributed by atoms with E-state index in [9.17, 15) is 8.42 Å². The van der Waals surface area contributed by atoms with E-state index in [-0.39, 0.29) is 10.9 Å². The maximum absolute atomic E-state index is 12.9. The summed E-state index contributed by atoms with van der Waals surface area (Å²) >= 11 is 0. The SMILES string of the molecule is COc1cc(N2CCN(S(=O)(=O)c3c(C)noc3C)CC2)nc(OC)n1. The summed E-state index contributed by atoms with van der Waals surface area (Å²) in [6.07, 6.45) is 0. The first-order chi connectivity index (χ1) is 12.4. The Morgan fingerprint density at radius 3 is 2.31 bits per heavy atom. The molecule has 0 N–H and O–H groups in total. The van der Waals surface area contributed by atoms with E-state index in [1.54, 1.807) is 19.9 Å². The maximum atomic E-state index is 12.9. The van der Waals surface area contributed by atoms with Gasteiger partial charge in [-0.15, -0.1) is 0 Å². The van der Waals surface area contributed by atoms with Crippen molar-refractivity contribution in [1.29, 1.82) is 0 Å². The van der Waals surface area contributed by atoms with Crippen LogP contribution in [0.15, 0.2) is 15.5 Å². The van der Waals surface area contributed by atoms with E-state index in [2.05, 4.69) is 15.1 Å². The van der Waals surface area contributed by atoms with E-state index in [0.717, 1.165) is 0 Å². The number of aromatic nitrogens is 3. The minimum atomic E-state index is -3.64. The van der Waals surface area contributed by atoms with Crippen LogP contribution in [0.5, 0.6) is 11.9 Å². The number of ether oxygens (including phenoxy) is 2. The topological polar surface area (TPSA) is 111 Å². The standard InChI is InChI=1S/C15H21N5O5S/c1-10-14(11(2)25-18-10)26(21,22)20-7-5-19(6-8-20)12-9-13(23-3)17-15(16-12)24-4/h9H,5-8H2,1-4H3. The molecule has 0 spiro atoms. The van der Waals surface area contributed by atoms with Crippen molar-refractivity contribution in [3.8, 4) is 11.9 Å². The summed E-state index contributed by atoms with van der Waals surface area (Å²) in [7, 11) is -0.651. The predicted octanol–water partition coefficient (Wildman–Crippen LogP) is 0.610. The van der Waals surface area contributed by atoms with Crippen LogP contribution in [-0.2, 0) is 10.0 Å². The summed E-state index contributed by atoms with van der Waals surface area (Å²) in [4.78, 5) is 10.5. The second kappa shape index (κ2) is 7.08. The summed E-state index contributed by atoms with van der Waals surface area (Å²) in [5.41, 5.74) is 0.371. The first kappa shape index (κ1) is 18.4. The van der Waals surface area contributed by atoms with Crippen molar-refractivity contribution in [2.45, 2.75) is 18.7 Å². The molecule has 1 fully saturated rings. The third-order valence-electron chi connectivity index (χ3n) is 4.19. The van der Waals surface area contributed by atoms with Gasteiger partial charge < -0.3 is 18.9 Å². The highest BCUT2D eigenvalue weighted by Gasteiger charge is 2.33. The fourth-order valence-corrected chi connectivity index (χ4v) is 4.59. The van der Waals surface area contributed by atoms with Crippen LogP contribution in [0.25, 0.3) is 0 Å². The quantitative estimate of drug-likeness (QED) is 0.733. The molecule has 2 aromatic rings. The van der Waals surface area contributed by atoms with Crippen molar-refractivity contribution in [1.82, 2.24) is 19.4 Å². The first-order valence-electron chi connectivity index (χ1n) is 8.02. The first-order valence-corrected chi connectivity index (χ1v) is 9.46. The minimum absolute atomic E-state index is 0.149. The van der Waals surface area contributed by atoms with Gasteiger partial charge in [0.15, 0.2) is 5.76 Å². The van der Waals surface area contributed by atoms with Gasteiger partial charge in [0.2, 0.25) is 15.9 Å². The molecule has 142 valence electrons. The largest absolute Gasteiger partial charge is 0.481 e. The lowest BCUT2D eigenvalue weighted by Crippen LogP contribution is -2.49. The molecule has 0 radical (unpaired) electrons. The van der Waals surface area contributed by atoms with E-state index in [1.165, 1.54) is 18.5 Å². The molecule has 3 heterocycles. The molecule has 11 heteroatoms. The average molecular weight is 383 g/mol. The summed E-state index contributed by atoms with van der Waals surface area (Å²) in [5.74, 6) is 1.32. The Hall–Kier alpha value is -2.40. The van der Waals surface area contributed by atoms with Crippen molar-refractivity contribution in [2.24, 2.45) is 0 Å². The van der Waals surface area contributed by atoms with Crippen molar-refractivity contribution >= 4 is 15.8 Å². The highest BCUT2D eigenvalue weighted by atomic mass is 32.2. The van der Waals surface area contributed by atoms with Crippen LogP contribution in [-0.4, -0.2) is 68.2 Å². The van der Waals surface area contributed by atoms with E-state index in [4.69, 9.17) is 14.0 Å². The minimum Gasteiger partial charge on any atom is -0.481 e. The average Bonchev–Trinajstić information content (AvgIpc) is 3.00. The van der Waals surface area contributed by atoms with Crippen LogP contribution in [0.3, 0.4) is 0 Å². The third-order valence-corrected chi connectivity index (χ3v) is 6.33. The van der Waals surface area contributed by atoms with Crippen molar-refractivity contribution in [2.75, 3.05) is 45.3 Å². The number of anilines is 1. The number of nitrogens with zero attached hydrogens (tertiary/aromatic N) is 5. The van der Waals surface area contributed by atoms with Crippen molar-refractivity contribution in [3.05, 3.63) is 17.5 Å². The Balaban J connectivity index is 1.77. The molecule has 2 aromatic heterocycles. The van der Waals surface area contributed by atoms with Gasteiger partial charge in [-0.2, -0.15) is 14.3 Å². The van der Waals surface area contributed by atoms with E-state index >= 15 is 0 Å². The summed E-state index contributed by atoms with van der Waals surface area (Å²) in [5, 5.41) is 3.74. The Bertz CT molecular complexity index is 848. The van der Waals surface area contributed by atoms with Gasteiger partial charge in [-0.3, -0.25) is 0 Å². The van der Waals surface area contributed by atoms with Gasteiger partial charge in [-0.1, -0.05) is 5.16 Å². The number of methoxy groups -OCH3 is 2. The van der Waals surface area contributed by atoms with Crippen LogP contribution in [0.2, 0.25) is 0 Å². The van der Waals surface area contributed by atoms with E-state index in [1.807, 2.05) is 4.90 Å². The molecule has 26 heavy (non-hydrogen) atoms. The Morgan fingerprint density at radius 1 is 1.08 bits per heavy atom. The molecule has 0 bridgehead atoms. The highest BCUT2D eigenvalue weighted by Crippen LogP contribution is 2.26. The summed E-state index contributed by atoms with van der Waals surface area (Å²) in [6, 6.07) is 1.89. The second-order valence-electron chi connectivity index (χ2n) is 5.80. The fraction of sp³-hybridized carbons (Fsp3) is 0.533. The van der Waals surface area contributed by atoms with Crippen molar-refractivity contribution in [3.63, 3.8) is 0 Å². The lowest BCUT2D eigenvalue weighted by atomic mass is 10.3. The second-order valence-corrected chi connectivity index (χ2v) is 7.67. The van der Waals surface area contributed by atoms with Gasteiger partial charge >= 0.3 is 6.01 Å². The normalized spacial score (nSPS) is 15.9. The molecule has 3 rings (SSSR count). The van der Waals surface area contributed by atoms with Crippen LogP contribution >= 0.6 is 0 Å². The molecule has 0 unspecified atom stereocenters. The molecule has 0 atom stereocenters. The summed E-state index contributed by atoms with van der Waals surface area (Å²) in [6.45, 7) is 4.82. The molecule has 0 aliphatic carbocycles. The summed E-state index contributed by atoms with van der Waals surface area (Å²) < 4.78 is 42.4. The van der Waals surface area contributed by atoms with Crippen LogP contribution in [0.4, 0.5) is 5.82 Å². The number of rotatable bonds is 5. The van der Waals surface area contributed by atoms with Gasteiger partial charge in [0.1, 0.15) is 16.4 Å². The fourth-order valence-electron chi connectivity index (χ4n) is 2.88. The molecule has 10 nitrogen and oxygen atoms in total. The lowest BCUT2D eigenvalue weighted by Gasteiger charge is -2.34. The van der Waals surface area contributed by atoms with E-state index < -0.39 is 10.0 Å². The number of piperazine rings is 1. The predicted molar refractivity (Wildman–Crippen MR) is 92.1 cm³/mol. The van der Waals surface area contributed by atoms with E-state index in [0.29, 0.717) is 49.3 Å². The zero-order valence-corrected chi connectivity index (χ0v) is 15.9. The molecular formula is C15H21N5O5S. The molecule has 1 aliphatic heterocycles. The third kappa shape index (κ3) is 3.31.